The van der Waals surface area contributed by atoms with E-state index in [1.165, 1.54) is 32.4 Å². The van der Waals surface area contributed by atoms with Crippen LogP contribution >= 0.6 is 0 Å². The maximum Gasteiger partial charge on any atom is 0.272 e. The number of hydrogen-bond donors (Lipinski definition) is 1. The molecule has 0 saturated carbocycles. The van der Waals surface area contributed by atoms with Crippen molar-refractivity contribution in [1.82, 2.24) is 10.2 Å². The van der Waals surface area contributed by atoms with Crippen LogP contribution in [0.25, 0.3) is 0 Å². The second-order valence-electron chi connectivity index (χ2n) is 5.79. The number of nitrogens with one attached hydrogen (secondary N) is 1. The Morgan fingerprint density at radius 1 is 1.29 bits per heavy atom. The Labute approximate surface area is 126 Å². The zero-order chi connectivity index (χ0) is 15.1. The van der Waals surface area contributed by atoms with E-state index in [1.54, 1.807) is 12.1 Å². The molecule has 0 bridgehead atoms. The van der Waals surface area contributed by atoms with Crippen LogP contribution in [0.5, 0.6) is 0 Å². The van der Waals surface area contributed by atoms with Gasteiger partial charge >= 0.3 is 0 Å². The number of likely N-dealkylation sites (tertiary alicyclic amines) is 1. The Morgan fingerprint density at radius 3 is 2.71 bits per heavy atom. The summed E-state index contributed by atoms with van der Waals surface area (Å²) < 4.78 is 0. The molecule has 0 spiro atoms. The molecule has 1 fully saturated rings. The second-order valence-corrected chi connectivity index (χ2v) is 5.79. The summed E-state index contributed by atoms with van der Waals surface area (Å²) >= 11 is 0. The minimum absolute atomic E-state index is 0.225. The van der Waals surface area contributed by atoms with E-state index in [2.05, 4.69) is 17.1 Å². The second kappa shape index (κ2) is 8.10. The first-order chi connectivity index (χ1) is 10.2. The first-order valence-corrected chi connectivity index (χ1v) is 7.85. The summed E-state index contributed by atoms with van der Waals surface area (Å²) in [6.45, 7) is 6.38. The average molecular weight is 291 g/mol. The fourth-order valence-corrected chi connectivity index (χ4v) is 2.92. The number of hydrogen-bond acceptors (Lipinski definition) is 4. The molecule has 1 aliphatic rings. The van der Waals surface area contributed by atoms with Crippen LogP contribution in [0.1, 0.15) is 31.7 Å². The maximum atomic E-state index is 10.9. The van der Waals surface area contributed by atoms with Crippen molar-refractivity contribution in [2.45, 2.75) is 38.6 Å². The van der Waals surface area contributed by atoms with Gasteiger partial charge < -0.3 is 5.32 Å². The largest absolute Gasteiger partial charge is 0.315 e. The van der Waals surface area contributed by atoms with Gasteiger partial charge in [0.05, 0.1) is 4.92 Å². The Kier molecular flexibility index (Phi) is 6.14. The molecule has 21 heavy (non-hydrogen) atoms. The highest BCUT2D eigenvalue weighted by molar-refractivity contribution is 5.39. The highest BCUT2D eigenvalue weighted by Gasteiger charge is 2.16. The van der Waals surface area contributed by atoms with Crippen LogP contribution in [-0.4, -0.2) is 42.0 Å². The number of nitrogens with zero attached hydrogens (tertiary/aromatic N) is 2. The molecule has 1 heterocycles. The molecule has 116 valence electrons. The van der Waals surface area contributed by atoms with Crippen LogP contribution in [0.2, 0.25) is 0 Å². The molecule has 1 N–H and O–H groups in total. The molecular weight excluding hydrogens is 266 g/mol. The van der Waals surface area contributed by atoms with Gasteiger partial charge in [-0.3, -0.25) is 15.0 Å². The lowest BCUT2D eigenvalue weighted by atomic mass is 10.1. The highest BCUT2D eigenvalue weighted by atomic mass is 16.6. The van der Waals surface area contributed by atoms with Crippen molar-refractivity contribution < 1.29 is 4.92 Å². The van der Waals surface area contributed by atoms with Crippen LogP contribution in [0.15, 0.2) is 24.3 Å². The fourth-order valence-electron chi connectivity index (χ4n) is 2.92. The Balaban J connectivity index is 1.73. The number of nitro groups is 1. The summed E-state index contributed by atoms with van der Waals surface area (Å²) in [7, 11) is 0. The van der Waals surface area contributed by atoms with Crippen molar-refractivity contribution in [3.63, 3.8) is 0 Å². The Bertz CT molecular complexity index is 459. The molecule has 0 radical (unpaired) electrons. The van der Waals surface area contributed by atoms with Gasteiger partial charge in [-0.1, -0.05) is 24.6 Å². The summed E-state index contributed by atoms with van der Waals surface area (Å²) in [5.74, 6) is 0. The molecule has 2 rings (SSSR count). The van der Waals surface area contributed by atoms with E-state index < -0.39 is 0 Å². The lowest BCUT2D eigenvalue weighted by molar-refractivity contribution is -0.385. The number of para-hydroxylation sites is 1. The van der Waals surface area contributed by atoms with E-state index >= 15 is 0 Å². The topological polar surface area (TPSA) is 58.4 Å². The molecule has 5 heteroatoms. The molecule has 1 aliphatic heterocycles. The molecule has 1 atom stereocenters. The molecule has 1 aromatic rings. The van der Waals surface area contributed by atoms with E-state index in [1.807, 2.05) is 12.1 Å². The molecule has 1 aromatic carbocycles. The van der Waals surface area contributed by atoms with E-state index in [0.29, 0.717) is 12.5 Å². The zero-order valence-electron chi connectivity index (χ0n) is 12.8. The van der Waals surface area contributed by atoms with Crippen molar-refractivity contribution in [2.75, 3.05) is 26.2 Å². The molecule has 1 saturated heterocycles. The highest BCUT2D eigenvalue weighted by Crippen LogP contribution is 2.17. The van der Waals surface area contributed by atoms with E-state index in [9.17, 15) is 10.1 Å². The third-order valence-corrected chi connectivity index (χ3v) is 4.21. The fraction of sp³-hybridized carbons (Fsp3) is 0.625. The number of benzene rings is 1. The Morgan fingerprint density at radius 2 is 2.00 bits per heavy atom. The summed E-state index contributed by atoms with van der Waals surface area (Å²) in [5.41, 5.74) is 1.03. The standard InChI is InChI=1S/C16H25N3O2/c1-14(18-11-5-2-6-12-18)13-17-10-9-15-7-3-4-8-16(15)19(20)21/h3-4,7-8,14,17H,2,5-6,9-13H2,1H3. The predicted molar refractivity (Wildman–Crippen MR) is 84.6 cm³/mol. The van der Waals surface area contributed by atoms with Crippen molar-refractivity contribution in [3.05, 3.63) is 39.9 Å². The summed E-state index contributed by atoms with van der Waals surface area (Å²) in [6.07, 6.45) is 4.67. The summed E-state index contributed by atoms with van der Waals surface area (Å²) in [4.78, 5) is 13.2. The first-order valence-electron chi connectivity index (χ1n) is 7.85. The number of rotatable bonds is 7. The molecule has 0 amide bonds. The quantitative estimate of drug-likeness (QED) is 0.476. The van der Waals surface area contributed by atoms with Crippen molar-refractivity contribution >= 4 is 5.69 Å². The van der Waals surface area contributed by atoms with Crippen LogP contribution in [0, 0.1) is 10.1 Å². The monoisotopic (exact) mass is 291 g/mol. The van der Waals surface area contributed by atoms with Crippen LogP contribution in [-0.2, 0) is 6.42 Å². The van der Waals surface area contributed by atoms with Gasteiger partial charge in [0, 0.05) is 24.2 Å². The zero-order valence-corrected chi connectivity index (χ0v) is 12.8. The van der Waals surface area contributed by atoms with Crippen LogP contribution in [0.3, 0.4) is 0 Å². The molecule has 0 aromatic heterocycles. The third kappa shape index (κ3) is 4.79. The average Bonchev–Trinajstić information content (AvgIpc) is 2.52. The van der Waals surface area contributed by atoms with E-state index in [0.717, 1.165) is 18.7 Å². The minimum atomic E-state index is -0.300. The maximum absolute atomic E-state index is 10.9. The van der Waals surface area contributed by atoms with Gasteiger partial charge in [-0.15, -0.1) is 0 Å². The number of nitro benzene ring substituents is 1. The molecule has 1 unspecified atom stereocenters. The predicted octanol–water partition coefficient (Wildman–Crippen LogP) is 2.60. The van der Waals surface area contributed by atoms with Gasteiger partial charge in [0.15, 0.2) is 0 Å². The summed E-state index contributed by atoms with van der Waals surface area (Å²) in [6, 6.07) is 7.53. The smallest absolute Gasteiger partial charge is 0.272 e. The van der Waals surface area contributed by atoms with Gasteiger partial charge in [0.2, 0.25) is 0 Å². The third-order valence-electron chi connectivity index (χ3n) is 4.21. The normalized spacial score (nSPS) is 17.6. The Hall–Kier alpha value is -1.46. The van der Waals surface area contributed by atoms with Gasteiger partial charge in [-0.05, 0) is 45.8 Å². The van der Waals surface area contributed by atoms with Crippen molar-refractivity contribution in [3.8, 4) is 0 Å². The van der Waals surface area contributed by atoms with Gasteiger partial charge in [-0.2, -0.15) is 0 Å². The van der Waals surface area contributed by atoms with Crippen molar-refractivity contribution in [2.24, 2.45) is 0 Å². The summed E-state index contributed by atoms with van der Waals surface area (Å²) in [5, 5.41) is 14.4. The van der Waals surface area contributed by atoms with Gasteiger partial charge in [0.25, 0.3) is 5.69 Å². The van der Waals surface area contributed by atoms with Crippen molar-refractivity contribution in [1.29, 1.82) is 0 Å². The SMILES string of the molecule is CC(CNCCc1ccccc1[N+](=O)[O-])N1CCCCC1. The first kappa shape index (κ1) is 15.9. The van der Waals surface area contributed by atoms with Crippen LogP contribution in [0.4, 0.5) is 5.69 Å². The minimum Gasteiger partial charge on any atom is -0.315 e. The lowest BCUT2D eigenvalue weighted by Gasteiger charge is -2.32. The molecule has 5 nitrogen and oxygen atoms in total. The number of piperidine rings is 1. The van der Waals surface area contributed by atoms with E-state index in [4.69, 9.17) is 0 Å². The molecular formula is C16H25N3O2. The van der Waals surface area contributed by atoms with Gasteiger partial charge in [0.1, 0.15) is 0 Å². The lowest BCUT2D eigenvalue weighted by Crippen LogP contribution is -2.43. The molecule has 0 aliphatic carbocycles. The van der Waals surface area contributed by atoms with Gasteiger partial charge in [-0.25, -0.2) is 0 Å². The van der Waals surface area contributed by atoms with Crippen LogP contribution < -0.4 is 5.32 Å². The van der Waals surface area contributed by atoms with E-state index in [-0.39, 0.29) is 10.6 Å².